The largest absolute Gasteiger partial charge is 0.370 e. The van der Waals surface area contributed by atoms with Crippen LogP contribution in [0.2, 0.25) is 0 Å². The number of nitrogens with zero attached hydrogens (tertiary/aromatic N) is 1. The number of nitrogens with two attached hydrogens (primary N) is 1. The van der Waals surface area contributed by atoms with Crippen molar-refractivity contribution < 1.29 is 0 Å². The predicted molar refractivity (Wildman–Crippen MR) is 71.9 cm³/mol. The first kappa shape index (κ1) is 13.0. The van der Waals surface area contributed by atoms with E-state index in [1.807, 2.05) is 0 Å². The van der Waals surface area contributed by atoms with E-state index in [2.05, 4.69) is 47.9 Å². The Labute approximate surface area is 102 Å². The lowest BCUT2D eigenvalue weighted by Crippen LogP contribution is -2.39. The first-order valence-corrected chi connectivity index (χ1v) is 6.59. The summed E-state index contributed by atoms with van der Waals surface area (Å²) in [7, 11) is 0. The highest BCUT2D eigenvalue weighted by molar-refractivity contribution is 7.07. The van der Waals surface area contributed by atoms with Crippen LogP contribution in [0.1, 0.15) is 26.3 Å². The fourth-order valence-electron chi connectivity index (χ4n) is 1.39. The third kappa shape index (κ3) is 5.16. The molecular formula is C12H21N3S. The number of aliphatic imine (C=N–C) groups is 1. The number of hydrogen-bond donors (Lipinski definition) is 2. The molecule has 16 heavy (non-hydrogen) atoms. The van der Waals surface area contributed by atoms with E-state index in [0.29, 0.717) is 17.9 Å². The molecular weight excluding hydrogens is 218 g/mol. The topological polar surface area (TPSA) is 50.4 Å². The van der Waals surface area contributed by atoms with Gasteiger partial charge in [0.15, 0.2) is 5.96 Å². The van der Waals surface area contributed by atoms with Crippen molar-refractivity contribution in [3.05, 3.63) is 22.4 Å². The summed E-state index contributed by atoms with van der Waals surface area (Å²) in [5, 5.41) is 7.47. The molecule has 1 aromatic heterocycles. The average Bonchev–Trinajstić information content (AvgIpc) is 2.67. The lowest BCUT2D eigenvalue weighted by molar-refractivity contribution is 0.636. The number of thiophene rings is 1. The molecule has 1 rings (SSSR count). The van der Waals surface area contributed by atoms with Gasteiger partial charge in [-0.3, -0.25) is 4.99 Å². The first-order valence-electron chi connectivity index (χ1n) is 5.65. The van der Waals surface area contributed by atoms with Gasteiger partial charge in [0.2, 0.25) is 0 Å². The maximum Gasteiger partial charge on any atom is 0.188 e. The summed E-state index contributed by atoms with van der Waals surface area (Å²) >= 11 is 1.73. The molecule has 3 nitrogen and oxygen atoms in total. The summed E-state index contributed by atoms with van der Waals surface area (Å²) in [5.74, 6) is 1.10. The molecule has 0 spiro atoms. The van der Waals surface area contributed by atoms with E-state index in [1.54, 1.807) is 11.3 Å². The maximum absolute atomic E-state index is 5.79. The normalized spacial score (nSPS) is 14.1. The second-order valence-electron chi connectivity index (χ2n) is 4.50. The Morgan fingerprint density at radius 3 is 2.81 bits per heavy atom. The molecule has 0 fully saturated rings. The Morgan fingerprint density at radius 2 is 2.25 bits per heavy atom. The molecule has 1 atom stereocenters. The molecule has 0 saturated heterocycles. The van der Waals surface area contributed by atoms with Crippen LogP contribution in [0.25, 0.3) is 0 Å². The first-order chi connectivity index (χ1) is 7.58. The summed E-state index contributed by atoms with van der Waals surface area (Å²) in [6.45, 7) is 7.16. The third-order valence-corrected chi connectivity index (χ3v) is 2.88. The molecule has 0 bridgehead atoms. The van der Waals surface area contributed by atoms with E-state index < -0.39 is 0 Å². The van der Waals surface area contributed by atoms with Gasteiger partial charge in [0.1, 0.15) is 0 Å². The number of hydrogen-bond acceptors (Lipinski definition) is 2. The van der Waals surface area contributed by atoms with Gasteiger partial charge in [0.05, 0.1) is 0 Å². The van der Waals surface area contributed by atoms with Gasteiger partial charge in [0, 0.05) is 12.6 Å². The summed E-state index contributed by atoms with van der Waals surface area (Å²) in [5.41, 5.74) is 7.14. The summed E-state index contributed by atoms with van der Waals surface area (Å²) in [6, 6.07) is 2.47. The Bertz CT molecular complexity index is 317. The van der Waals surface area contributed by atoms with Gasteiger partial charge < -0.3 is 11.1 Å². The van der Waals surface area contributed by atoms with Crippen molar-refractivity contribution in [2.45, 2.75) is 33.2 Å². The van der Waals surface area contributed by atoms with E-state index in [9.17, 15) is 0 Å². The van der Waals surface area contributed by atoms with E-state index in [-0.39, 0.29) is 0 Å². The Hall–Kier alpha value is -1.03. The van der Waals surface area contributed by atoms with Gasteiger partial charge in [-0.1, -0.05) is 13.8 Å². The summed E-state index contributed by atoms with van der Waals surface area (Å²) in [4.78, 5) is 4.28. The standard InChI is InChI=1S/C12H21N3S/c1-9(2)7-14-12(13)15-10(3)6-11-4-5-16-8-11/h4-5,8-10H,6-7H2,1-3H3,(H3,13,14,15). The molecule has 0 aliphatic heterocycles. The second kappa shape index (κ2) is 6.53. The van der Waals surface area contributed by atoms with Crippen molar-refractivity contribution in [1.29, 1.82) is 0 Å². The minimum Gasteiger partial charge on any atom is -0.370 e. The van der Waals surface area contributed by atoms with E-state index in [1.165, 1.54) is 5.56 Å². The molecule has 0 aliphatic carbocycles. The predicted octanol–water partition coefficient (Wildman–Crippen LogP) is 2.24. The third-order valence-electron chi connectivity index (χ3n) is 2.14. The zero-order chi connectivity index (χ0) is 12.0. The molecule has 1 aromatic rings. The van der Waals surface area contributed by atoms with Crippen molar-refractivity contribution in [2.24, 2.45) is 16.6 Å². The monoisotopic (exact) mass is 239 g/mol. The lowest BCUT2D eigenvalue weighted by atomic mass is 10.1. The Balaban J connectivity index is 2.33. The molecule has 0 saturated carbocycles. The van der Waals surface area contributed by atoms with E-state index in [4.69, 9.17) is 5.73 Å². The van der Waals surface area contributed by atoms with Crippen LogP contribution in [0.15, 0.2) is 21.8 Å². The smallest absolute Gasteiger partial charge is 0.188 e. The highest BCUT2D eigenvalue weighted by atomic mass is 32.1. The zero-order valence-corrected chi connectivity index (χ0v) is 11.1. The molecule has 0 aromatic carbocycles. The van der Waals surface area contributed by atoms with Crippen molar-refractivity contribution in [1.82, 2.24) is 5.32 Å². The Kier molecular flexibility index (Phi) is 5.32. The van der Waals surface area contributed by atoms with Crippen LogP contribution >= 0.6 is 11.3 Å². The number of guanidine groups is 1. The molecule has 3 N–H and O–H groups in total. The average molecular weight is 239 g/mol. The van der Waals surface area contributed by atoms with Crippen LogP contribution in [0.4, 0.5) is 0 Å². The van der Waals surface area contributed by atoms with Gasteiger partial charge >= 0.3 is 0 Å². The molecule has 0 aliphatic rings. The van der Waals surface area contributed by atoms with Crippen LogP contribution in [0, 0.1) is 5.92 Å². The van der Waals surface area contributed by atoms with E-state index >= 15 is 0 Å². The quantitative estimate of drug-likeness (QED) is 0.611. The minimum absolute atomic E-state index is 0.325. The van der Waals surface area contributed by atoms with Crippen LogP contribution in [-0.2, 0) is 6.42 Å². The van der Waals surface area contributed by atoms with Crippen LogP contribution in [0.3, 0.4) is 0 Å². The molecule has 0 amide bonds. The van der Waals surface area contributed by atoms with Crippen LogP contribution < -0.4 is 11.1 Å². The van der Waals surface area contributed by atoms with Gasteiger partial charge in [-0.25, -0.2) is 0 Å². The fourth-order valence-corrected chi connectivity index (χ4v) is 2.07. The lowest BCUT2D eigenvalue weighted by Gasteiger charge is -2.14. The van der Waals surface area contributed by atoms with Gasteiger partial charge in [-0.2, -0.15) is 11.3 Å². The van der Waals surface area contributed by atoms with Gasteiger partial charge in [-0.05, 0) is 41.7 Å². The Morgan fingerprint density at radius 1 is 1.50 bits per heavy atom. The van der Waals surface area contributed by atoms with Gasteiger partial charge in [-0.15, -0.1) is 0 Å². The zero-order valence-electron chi connectivity index (χ0n) is 10.2. The van der Waals surface area contributed by atoms with Crippen LogP contribution in [0.5, 0.6) is 0 Å². The van der Waals surface area contributed by atoms with Crippen molar-refractivity contribution >= 4 is 17.3 Å². The summed E-state index contributed by atoms with van der Waals surface area (Å²) in [6.07, 6.45) is 0.987. The van der Waals surface area contributed by atoms with Gasteiger partial charge in [0.25, 0.3) is 0 Å². The summed E-state index contributed by atoms with van der Waals surface area (Å²) < 4.78 is 0. The van der Waals surface area contributed by atoms with Crippen LogP contribution in [-0.4, -0.2) is 18.5 Å². The fraction of sp³-hybridized carbons (Fsp3) is 0.583. The molecule has 1 heterocycles. The van der Waals surface area contributed by atoms with Crippen molar-refractivity contribution in [3.63, 3.8) is 0 Å². The highest BCUT2D eigenvalue weighted by Crippen LogP contribution is 2.08. The second-order valence-corrected chi connectivity index (χ2v) is 5.28. The maximum atomic E-state index is 5.79. The molecule has 90 valence electrons. The molecule has 0 radical (unpaired) electrons. The highest BCUT2D eigenvalue weighted by Gasteiger charge is 2.04. The molecule has 1 unspecified atom stereocenters. The number of rotatable bonds is 5. The van der Waals surface area contributed by atoms with Crippen molar-refractivity contribution in [2.75, 3.05) is 6.54 Å². The minimum atomic E-state index is 0.325. The SMILES string of the molecule is CC(C)CN=C(N)NC(C)Cc1ccsc1. The van der Waals surface area contributed by atoms with E-state index in [0.717, 1.165) is 13.0 Å². The molecule has 4 heteroatoms. The number of nitrogens with one attached hydrogen (secondary N) is 1. The van der Waals surface area contributed by atoms with Crippen molar-refractivity contribution in [3.8, 4) is 0 Å².